The van der Waals surface area contributed by atoms with Gasteiger partial charge in [-0.15, -0.1) is 0 Å². The van der Waals surface area contributed by atoms with Crippen molar-refractivity contribution in [3.05, 3.63) is 46.5 Å². The maximum absolute atomic E-state index is 6.51. The Bertz CT molecular complexity index is 785. The van der Waals surface area contributed by atoms with Gasteiger partial charge in [0.25, 0.3) is 0 Å². The van der Waals surface area contributed by atoms with Crippen LogP contribution in [0.5, 0.6) is 0 Å². The van der Waals surface area contributed by atoms with E-state index in [1.165, 1.54) is 0 Å². The highest BCUT2D eigenvalue weighted by atomic mass is 35.5. The van der Waals surface area contributed by atoms with Crippen LogP contribution in [0.25, 0.3) is 11.0 Å². The molecular formula is C16H19ClN4. The van der Waals surface area contributed by atoms with Crippen LogP contribution in [0.1, 0.15) is 31.1 Å². The van der Waals surface area contributed by atoms with Gasteiger partial charge in [0.15, 0.2) is 0 Å². The number of hydrogen-bond donors (Lipinski definition) is 0. The number of nitrogens with zero attached hydrogens (tertiary/aromatic N) is 4. The predicted octanol–water partition coefficient (Wildman–Crippen LogP) is 3.83. The van der Waals surface area contributed by atoms with Gasteiger partial charge in [-0.1, -0.05) is 30.7 Å². The van der Waals surface area contributed by atoms with Crippen LogP contribution < -0.4 is 0 Å². The summed E-state index contributed by atoms with van der Waals surface area (Å²) in [6, 6.07) is 8.18. The predicted molar refractivity (Wildman–Crippen MR) is 85.9 cm³/mol. The molecule has 3 rings (SSSR count). The molecule has 3 aromatic rings. The number of para-hydroxylation sites is 2. The molecule has 4 nitrogen and oxygen atoms in total. The SMILES string of the molecule is CCc1nn(CC)c(Cn2c(C)nc3ccccc32)c1Cl. The minimum atomic E-state index is 0.700. The van der Waals surface area contributed by atoms with Crippen LogP contribution in [0.3, 0.4) is 0 Å². The maximum Gasteiger partial charge on any atom is 0.107 e. The highest BCUT2D eigenvalue weighted by Crippen LogP contribution is 2.25. The molecule has 0 bridgehead atoms. The highest BCUT2D eigenvalue weighted by Gasteiger charge is 2.16. The third-order valence-corrected chi connectivity index (χ3v) is 4.28. The lowest BCUT2D eigenvalue weighted by Gasteiger charge is -2.09. The lowest BCUT2D eigenvalue weighted by atomic mass is 10.3. The molecule has 0 aliphatic heterocycles. The number of imidazole rings is 1. The monoisotopic (exact) mass is 302 g/mol. The van der Waals surface area contributed by atoms with Crippen molar-refractivity contribution in [2.75, 3.05) is 0 Å². The van der Waals surface area contributed by atoms with Gasteiger partial charge in [0.1, 0.15) is 5.82 Å². The first-order valence-electron chi connectivity index (χ1n) is 7.31. The normalized spacial score (nSPS) is 11.4. The van der Waals surface area contributed by atoms with Crippen LogP contribution >= 0.6 is 11.6 Å². The molecule has 0 aliphatic rings. The van der Waals surface area contributed by atoms with E-state index in [2.05, 4.69) is 34.6 Å². The number of rotatable bonds is 4. The van der Waals surface area contributed by atoms with Crippen molar-refractivity contribution in [1.82, 2.24) is 19.3 Å². The van der Waals surface area contributed by atoms with E-state index in [0.29, 0.717) is 6.54 Å². The first-order chi connectivity index (χ1) is 10.2. The lowest BCUT2D eigenvalue weighted by molar-refractivity contribution is 0.595. The molecule has 0 unspecified atom stereocenters. The minimum Gasteiger partial charge on any atom is -0.322 e. The molecule has 0 amide bonds. The number of aromatic nitrogens is 4. The molecule has 21 heavy (non-hydrogen) atoms. The maximum atomic E-state index is 6.51. The first-order valence-corrected chi connectivity index (χ1v) is 7.69. The fourth-order valence-electron chi connectivity index (χ4n) is 2.71. The summed E-state index contributed by atoms with van der Waals surface area (Å²) in [5.74, 6) is 0.995. The second-order valence-corrected chi connectivity index (χ2v) is 5.49. The third-order valence-electron chi connectivity index (χ3n) is 3.85. The molecule has 0 radical (unpaired) electrons. The van der Waals surface area contributed by atoms with Gasteiger partial charge in [0.2, 0.25) is 0 Å². The van der Waals surface area contributed by atoms with E-state index in [4.69, 9.17) is 11.6 Å². The Morgan fingerprint density at radius 2 is 1.95 bits per heavy atom. The summed E-state index contributed by atoms with van der Waals surface area (Å²) in [5.41, 5.74) is 4.18. The average molecular weight is 303 g/mol. The molecule has 0 aliphatic carbocycles. The fourth-order valence-corrected chi connectivity index (χ4v) is 3.04. The molecular weight excluding hydrogens is 284 g/mol. The van der Waals surface area contributed by atoms with Crippen molar-refractivity contribution >= 4 is 22.6 Å². The molecule has 2 aromatic heterocycles. The molecule has 0 saturated carbocycles. The van der Waals surface area contributed by atoms with E-state index in [0.717, 1.165) is 46.2 Å². The van der Waals surface area contributed by atoms with Crippen LogP contribution in [-0.2, 0) is 19.5 Å². The van der Waals surface area contributed by atoms with E-state index in [1.807, 2.05) is 29.8 Å². The smallest absolute Gasteiger partial charge is 0.107 e. The fraction of sp³-hybridized carbons (Fsp3) is 0.375. The topological polar surface area (TPSA) is 35.6 Å². The number of halogens is 1. The quantitative estimate of drug-likeness (QED) is 0.734. The molecule has 0 N–H and O–H groups in total. The van der Waals surface area contributed by atoms with Crippen molar-refractivity contribution in [2.24, 2.45) is 0 Å². The third kappa shape index (κ3) is 2.33. The van der Waals surface area contributed by atoms with Gasteiger partial charge in [-0.3, -0.25) is 4.68 Å². The molecule has 0 saturated heterocycles. The summed E-state index contributed by atoms with van der Waals surface area (Å²) >= 11 is 6.51. The Kier molecular flexibility index (Phi) is 3.72. The van der Waals surface area contributed by atoms with Crippen molar-refractivity contribution in [2.45, 2.75) is 40.3 Å². The van der Waals surface area contributed by atoms with Crippen molar-refractivity contribution < 1.29 is 0 Å². The summed E-state index contributed by atoms with van der Waals surface area (Å²) in [4.78, 5) is 4.61. The number of aryl methyl sites for hydroxylation is 3. The van der Waals surface area contributed by atoms with Crippen molar-refractivity contribution in [1.29, 1.82) is 0 Å². The number of hydrogen-bond acceptors (Lipinski definition) is 2. The molecule has 2 heterocycles. The van der Waals surface area contributed by atoms with E-state index >= 15 is 0 Å². The first kappa shape index (κ1) is 14.1. The van der Waals surface area contributed by atoms with Crippen molar-refractivity contribution in [3.63, 3.8) is 0 Å². The highest BCUT2D eigenvalue weighted by molar-refractivity contribution is 6.31. The molecule has 5 heteroatoms. The van der Waals surface area contributed by atoms with Crippen molar-refractivity contribution in [3.8, 4) is 0 Å². The lowest BCUT2D eigenvalue weighted by Crippen LogP contribution is -2.09. The minimum absolute atomic E-state index is 0.700. The molecule has 0 fully saturated rings. The van der Waals surface area contributed by atoms with Gasteiger partial charge in [-0.25, -0.2) is 4.98 Å². The van der Waals surface area contributed by atoms with Gasteiger partial charge in [0, 0.05) is 6.54 Å². The van der Waals surface area contributed by atoms with E-state index in [-0.39, 0.29) is 0 Å². The Morgan fingerprint density at radius 1 is 1.19 bits per heavy atom. The molecule has 0 atom stereocenters. The zero-order valence-corrected chi connectivity index (χ0v) is 13.4. The summed E-state index contributed by atoms with van der Waals surface area (Å²) in [6.45, 7) is 7.72. The Balaban J connectivity index is 2.10. The summed E-state index contributed by atoms with van der Waals surface area (Å²) < 4.78 is 4.19. The van der Waals surface area contributed by atoms with Gasteiger partial charge in [-0.2, -0.15) is 5.10 Å². The molecule has 110 valence electrons. The Morgan fingerprint density at radius 3 is 2.67 bits per heavy atom. The van der Waals surface area contributed by atoms with E-state index < -0.39 is 0 Å². The summed E-state index contributed by atoms with van der Waals surface area (Å²) in [7, 11) is 0. The summed E-state index contributed by atoms with van der Waals surface area (Å²) in [5, 5.41) is 5.38. The Labute approximate surface area is 129 Å². The van der Waals surface area contributed by atoms with Crippen LogP contribution in [0, 0.1) is 6.92 Å². The molecule has 0 spiro atoms. The van der Waals surface area contributed by atoms with Gasteiger partial charge in [0.05, 0.1) is 34.0 Å². The average Bonchev–Trinajstić information content (AvgIpc) is 2.98. The number of benzene rings is 1. The van der Waals surface area contributed by atoms with Gasteiger partial charge >= 0.3 is 0 Å². The van der Waals surface area contributed by atoms with E-state index in [9.17, 15) is 0 Å². The largest absolute Gasteiger partial charge is 0.322 e. The molecule has 1 aromatic carbocycles. The second kappa shape index (κ2) is 5.53. The standard InChI is InChI=1S/C16H19ClN4/c1-4-12-16(17)15(21(5-2)19-12)10-20-11(3)18-13-8-6-7-9-14(13)20/h6-9H,4-5,10H2,1-3H3. The zero-order chi connectivity index (χ0) is 15.0. The van der Waals surface area contributed by atoms with E-state index in [1.54, 1.807) is 0 Å². The number of fused-ring (bicyclic) bond motifs is 1. The van der Waals surface area contributed by atoms with Crippen LogP contribution in [0.15, 0.2) is 24.3 Å². The van der Waals surface area contributed by atoms with Crippen LogP contribution in [0.2, 0.25) is 5.02 Å². The van der Waals surface area contributed by atoms with Gasteiger partial charge < -0.3 is 4.57 Å². The summed E-state index contributed by atoms with van der Waals surface area (Å²) in [6.07, 6.45) is 0.850. The van der Waals surface area contributed by atoms with Gasteiger partial charge in [-0.05, 0) is 32.4 Å². The van der Waals surface area contributed by atoms with Crippen LogP contribution in [0.4, 0.5) is 0 Å². The zero-order valence-electron chi connectivity index (χ0n) is 12.6. The second-order valence-electron chi connectivity index (χ2n) is 5.11. The van der Waals surface area contributed by atoms with Crippen LogP contribution in [-0.4, -0.2) is 19.3 Å². The Hall–Kier alpha value is -1.81.